The average molecular weight is 297 g/mol. The van der Waals surface area contributed by atoms with Crippen molar-refractivity contribution in [2.24, 2.45) is 5.92 Å². The Morgan fingerprint density at radius 2 is 2.23 bits per heavy atom. The van der Waals surface area contributed by atoms with E-state index in [9.17, 15) is 15.2 Å². The molecule has 112 valence electrons. The molecule has 3 rings (SSSR count). The van der Waals surface area contributed by atoms with Crippen LogP contribution in [0.1, 0.15) is 25.6 Å². The number of H-pyrrole nitrogens is 1. The lowest BCUT2D eigenvalue weighted by Gasteiger charge is -2.13. The highest BCUT2D eigenvalue weighted by atomic mass is 16.6. The van der Waals surface area contributed by atoms with Gasteiger partial charge in [-0.2, -0.15) is 5.26 Å². The number of aliphatic hydroxyl groups is 1. The summed E-state index contributed by atoms with van der Waals surface area (Å²) in [7, 11) is 0. The summed E-state index contributed by atoms with van der Waals surface area (Å²) in [4.78, 5) is 18.9. The molecule has 0 spiro atoms. The van der Waals surface area contributed by atoms with E-state index >= 15 is 0 Å². The van der Waals surface area contributed by atoms with E-state index in [1.807, 2.05) is 24.3 Å². The number of aromatic nitrogens is 2. The average Bonchev–Trinajstić information content (AvgIpc) is 3.27. The van der Waals surface area contributed by atoms with Crippen molar-refractivity contribution in [2.45, 2.75) is 25.9 Å². The van der Waals surface area contributed by atoms with Gasteiger partial charge >= 0.3 is 5.97 Å². The van der Waals surface area contributed by atoms with Crippen LogP contribution >= 0.6 is 0 Å². The Labute approximate surface area is 127 Å². The number of nitrogens with one attached hydrogen (secondary N) is 1. The van der Waals surface area contributed by atoms with Gasteiger partial charge in [-0.15, -0.1) is 0 Å². The number of rotatable bonds is 4. The number of aromatic amines is 1. The van der Waals surface area contributed by atoms with Crippen molar-refractivity contribution < 1.29 is 14.6 Å². The van der Waals surface area contributed by atoms with Gasteiger partial charge in [0.15, 0.2) is 17.7 Å². The number of para-hydroxylation sites is 2. The number of imidazole rings is 1. The highest BCUT2D eigenvalue weighted by Crippen LogP contribution is 2.31. The summed E-state index contributed by atoms with van der Waals surface area (Å²) in [6, 6.07) is 9.24. The molecule has 0 radical (unpaired) electrons. The van der Waals surface area contributed by atoms with E-state index in [2.05, 4.69) is 9.97 Å². The molecule has 6 heteroatoms. The highest BCUT2D eigenvalue weighted by molar-refractivity contribution is 5.83. The lowest BCUT2D eigenvalue weighted by Crippen LogP contribution is -2.19. The fraction of sp³-hybridized carbons (Fsp3) is 0.312. The second-order valence-electron chi connectivity index (χ2n) is 5.33. The van der Waals surface area contributed by atoms with Crippen molar-refractivity contribution in [2.75, 3.05) is 0 Å². The van der Waals surface area contributed by atoms with Crippen molar-refractivity contribution in [3.8, 4) is 6.07 Å². The van der Waals surface area contributed by atoms with Crippen LogP contribution in [0.25, 0.3) is 16.6 Å². The van der Waals surface area contributed by atoms with Crippen molar-refractivity contribution >= 4 is 22.6 Å². The number of benzene rings is 1. The Kier molecular flexibility index (Phi) is 3.55. The monoisotopic (exact) mass is 297 g/mol. The van der Waals surface area contributed by atoms with Crippen LogP contribution in [-0.4, -0.2) is 27.1 Å². The molecule has 1 aliphatic rings. The number of fused-ring (bicyclic) bond motifs is 1. The van der Waals surface area contributed by atoms with Gasteiger partial charge in [0.25, 0.3) is 0 Å². The number of esters is 1. The summed E-state index contributed by atoms with van der Waals surface area (Å²) in [5.41, 5.74) is 1.44. The SMILES string of the molecule is C[C@H](OC(=O)C1CC1)/C(O)=C(\C#N)c1nc2ccccc2[nH]1. The van der Waals surface area contributed by atoms with Crippen LogP contribution in [0.3, 0.4) is 0 Å². The first-order valence-electron chi connectivity index (χ1n) is 7.09. The lowest BCUT2D eigenvalue weighted by atomic mass is 10.1. The van der Waals surface area contributed by atoms with Gasteiger partial charge in [-0.05, 0) is 31.9 Å². The molecule has 2 aromatic rings. The number of hydrogen-bond donors (Lipinski definition) is 2. The first-order valence-corrected chi connectivity index (χ1v) is 7.09. The number of aliphatic hydroxyl groups excluding tert-OH is 1. The van der Waals surface area contributed by atoms with Crippen molar-refractivity contribution in [3.63, 3.8) is 0 Å². The molecular formula is C16H15N3O3. The molecule has 2 N–H and O–H groups in total. The van der Waals surface area contributed by atoms with E-state index in [0.717, 1.165) is 18.4 Å². The van der Waals surface area contributed by atoms with Crippen LogP contribution in [0.15, 0.2) is 30.0 Å². The van der Waals surface area contributed by atoms with Crippen LogP contribution in [-0.2, 0) is 9.53 Å². The van der Waals surface area contributed by atoms with E-state index in [0.29, 0.717) is 5.52 Å². The van der Waals surface area contributed by atoms with E-state index < -0.39 is 6.10 Å². The molecule has 1 heterocycles. The maximum absolute atomic E-state index is 11.6. The second kappa shape index (κ2) is 5.53. The predicted molar refractivity (Wildman–Crippen MR) is 79.5 cm³/mol. The van der Waals surface area contributed by atoms with Gasteiger partial charge in [0, 0.05) is 0 Å². The van der Waals surface area contributed by atoms with E-state index in [-0.39, 0.29) is 29.0 Å². The quantitative estimate of drug-likeness (QED) is 0.513. The molecule has 0 amide bonds. The lowest BCUT2D eigenvalue weighted by molar-refractivity contribution is -0.149. The standard InChI is InChI=1S/C16H15N3O3/c1-9(22-16(21)10-6-7-10)14(20)11(8-17)15-18-12-4-2-3-5-13(12)19-15/h2-5,9-10,20H,6-7H2,1H3,(H,18,19)/b14-11-/t9-/m0/s1. The smallest absolute Gasteiger partial charge is 0.309 e. The van der Waals surface area contributed by atoms with E-state index in [1.54, 1.807) is 6.07 Å². The van der Waals surface area contributed by atoms with E-state index in [4.69, 9.17) is 4.74 Å². The predicted octanol–water partition coefficient (Wildman–Crippen LogP) is 2.70. The molecule has 1 atom stereocenters. The zero-order chi connectivity index (χ0) is 15.7. The van der Waals surface area contributed by atoms with Gasteiger partial charge in [0.2, 0.25) is 0 Å². The highest BCUT2D eigenvalue weighted by Gasteiger charge is 2.33. The maximum atomic E-state index is 11.6. The summed E-state index contributed by atoms with van der Waals surface area (Å²) in [6.45, 7) is 1.54. The van der Waals surface area contributed by atoms with Gasteiger partial charge in [-0.1, -0.05) is 12.1 Å². The first kappa shape index (κ1) is 14.1. The number of nitriles is 1. The van der Waals surface area contributed by atoms with Gasteiger partial charge in [0.05, 0.1) is 17.0 Å². The first-order chi connectivity index (χ1) is 10.6. The minimum absolute atomic E-state index is 0.0210. The zero-order valence-electron chi connectivity index (χ0n) is 12.0. The fourth-order valence-electron chi connectivity index (χ4n) is 2.15. The van der Waals surface area contributed by atoms with Crippen LogP contribution in [0.4, 0.5) is 0 Å². The fourth-order valence-corrected chi connectivity index (χ4v) is 2.15. The molecule has 0 unspecified atom stereocenters. The molecule has 0 saturated heterocycles. The Balaban J connectivity index is 1.90. The summed E-state index contributed by atoms with van der Waals surface area (Å²) in [5, 5.41) is 19.5. The van der Waals surface area contributed by atoms with Gasteiger partial charge in [0.1, 0.15) is 11.6 Å². The van der Waals surface area contributed by atoms with Crippen LogP contribution in [0, 0.1) is 17.2 Å². The molecule has 1 saturated carbocycles. The zero-order valence-corrected chi connectivity index (χ0v) is 12.0. The molecule has 1 aliphatic carbocycles. The minimum atomic E-state index is -0.879. The van der Waals surface area contributed by atoms with Gasteiger partial charge in [-0.25, -0.2) is 4.98 Å². The number of ether oxygens (including phenoxy) is 1. The number of allylic oxidation sites excluding steroid dienone is 1. The normalized spacial score (nSPS) is 16.7. The Morgan fingerprint density at radius 1 is 1.50 bits per heavy atom. The largest absolute Gasteiger partial charge is 0.507 e. The molecule has 0 bridgehead atoms. The molecule has 22 heavy (non-hydrogen) atoms. The van der Waals surface area contributed by atoms with Crippen molar-refractivity contribution in [3.05, 3.63) is 35.8 Å². The summed E-state index contributed by atoms with van der Waals surface area (Å²) in [5.74, 6) is -0.431. The molecule has 6 nitrogen and oxygen atoms in total. The summed E-state index contributed by atoms with van der Waals surface area (Å²) < 4.78 is 5.17. The number of carbonyl (C=O) groups is 1. The molecule has 0 aliphatic heterocycles. The van der Waals surface area contributed by atoms with Crippen LogP contribution < -0.4 is 0 Å². The molecule has 1 aromatic heterocycles. The number of carbonyl (C=O) groups excluding carboxylic acids is 1. The molecule has 1 aromatic carbocycles. The van der Waals surface area contributed by atoms with E-state index in [1.165, 1.54) is 6.92 Å². The Bertz CT molecular complexity index is 763. The second-order valence-corrected chi connectivity index (χ2v) is 5.33. The maximum Gasteiger partial charge on any atom is 0.309 e. The summed E-state index contributed by atoms with van der Waals surface area (Å²) in [6.07, 6.45) is 0.769. The molecular weight excluding hydrogens is 282 g/mol. The van der Waals surface area contributed by atoms with Crippen molar-refractivity contribution in [1.82, 2.24) is 9.97 Å². The summed E-state index contributed by atoms with van der Waals surface area (Å²) >= 11 is 0. The Hall–Kier alpha value is -2.81. The third-order valence-corrected chi connectivity index (χ3v) is 3.58. The van der Waals surface area contributed by atoms with Crippen LogP contribution in [0.2, 0.25) is 0 Å². The molecule has 1 fully saturated rings. The third-order valence-electron chi connectivity index (χ3n) is 3.58. The number of hydrogen-bond acceptors (Lipinski definition) is 5. The Morgan fingerprint density at radius 3 is 2.86 bits per heavy atom. The van der Waals surface area contributed by atoms with Crippen LogP contribution in [0.5, 0.6) is 0 Å². The van der Waals surface area contributed by atoms with Crippen molar-refractivity contribution in [1.29, 1.82) is 5.26 Å². The third kappa shape index (κ3) is 2.66. The van der Waals surface area contributed by atoms with Gasteiger partial charge < -0.3 is 14.8 Å². The minimum Gasteiger partial charge on any atom is -0.507 e. The topological polar surface area (TPSA) is 99.0 Å². The van der Waals surface area contributed by atoms with Gasteiger partial charge in [-0.3, -0.25) is 4.79 Å². The number of nitrogens with zero attached hydrogens (tertiary/aromatic N) is 2.